The number of ether oxygens (including phenoxy) is 1. The maximum atomic E-state index is 12.7. The average Bonchev–Trinajstić information content (AvgIpc) is 3.89. The number of hydrogen-bond donors (Lipinski definition) is 2. The maximum absolute atomic E-state index is 12.7. The Labute approximate surface area is 300 Å². The summed E-state index contributed by atoms with van der Waals surface area (Å²) in [7, 11) is 1.67. The van der Waals surface area contributed by atoms with Crippen molar-refractivity contribution in [3.63, 3.8) is 0 Å². The van der Waals surface area contributed by atoms with E-state index in [0.717, 1.165) is 57.2 Å². The predicted octanol–water partition coefficient (Wildman–Crippen LogP) is 6.53. The molecule has 4 aromatic rings. The van der Waals surface area contributed by atoms with Crippen molar-refractivity contribution in [1.29, 1.82) is 0 Å². The van der Waals surface area contributed by atoms with Crippen LogP contribution in [0.25, 0.3) is 10.8 Å². The highest BCUT2D eigenvalue weighted by molar-refractivity contribution is 6.02. The Morgan fingerprint density at radius 3 is 2.55 bits per heavy atom. The van der Waals surface area contributed by atoms with E-state index >= 15 is 0 Å². The Balaban J connectivity index is 1.01. The summed E-state index contributed by atoms with van der Waals surface area (Å²) in [6.45, 7) is 12.0. The first-order valence-electron chi connectivity index (χ1n) is 18.4. The van der Waals surface area contributed by atoms with Crippen molar-refractivity contribution in [3.8, 4) is 5.75 Å². The van der Waals surface area contributed by atoms with Crippen molar-refractivity contribution in [2.45, 2.75) is 63.2 Å². The highest BCUT2D eigenvalue weighted by Crippen LogP contribution is 2.41. The van der Waals surface area contributed by atoms with E-state index in [0.29, 0.717) is 47.5 Å². The fourth-order valence-electron chi connectivity index (χ4n) is 8.33. The Kier molecular flexibility index (Phi) is 9.50. The van der Waals surface area contributed by atoms with E-state index in [4.69, 9.17) is 9.57 Å². The molecule has 3 aliphatic heterocycles. The largest absolute Gasteiger partial charge is 0.494 e. The molecule has 2 atom stereocenters. The molecule has 1 amide bonds. The van der Waals surface area contributed by atoms with Crippen LogP contribution in [0.3, 0.4) is 0 Å². The van der Waals surface area contributed by atoms with Gasteiger partial charge in [-0.1, -0.05) is 49.0 Å². The second-order valence-corrected chi connectivity index (χ2v) is 14.2. The number of carbonyl (C=O) groups excluding carboxylic acids is 1. The molecule has 4 fully saturated rings. The molecule has 1 aliphatic carbocycles. The number of nitrogens with zero attached hydrogens (tertiary/aromatic N) is 6. The van der Waals surface area contributed by atoms with Crippen LogP contribution < -0.4 is 25.3 Å². The highest BCUT2D eigenvalue weighted by Gasteiger charge is 2.38. The smallest absolute Gasteiger partial charge is 0.247 e. The summed E-state index contributed by atoms with van der Waals surface area (Å²) in [5.41, 5.74) is 3.51. The van der Waals surface area contributed by atoms with Crippen LogP contribution >= 0.6 is 0 Å². The van der Waals surface area contributed by atoms with Gasteiger partial charge < -0.3 is 20.3 Å². The number of piperidine rings is 1. The Morgan fingerprint density at radius 2 is 1.76 bits per heavy atom. The molecule has 266 valence electrons. The summed E-state index contributed by atoms with van der Waals surface area (Å²) in [6.07, 6.45) is 8.57. The SMILES string of the molecule is C=CC(=O)Nc1cc(Nc2cc(N3OCC[C@@H]3c3cccc4ccccc34)ncn2)c(OC)cc1N1CCC(N2CCN(C3CC3)[C@H](C)C2)CC1. The first kappa shape index (κ1) is 33.4. The van der Waals surface area contributed by atoms with Crippen molar-refractivity contribution < 1.29 is 14.4 Å². The van der Waals surface area contributed by atoms with Crippen LogP contribution in [0.1, 0.15) is 50.6 Å². The first-order valence-corrected chi connectivity index (χ1v) is 18.4. The second-order valence-electron chi connectivity index (χ2n) is 14.2. The van der Waals surface area contributed by atoms with Crippen LogP contribution in [0.2, 0.25) is 0 Å². The minimum absolute atomic E-state index is 0.00766. The molecule has 3 saturated heterocycles. The monoisotopic (exact) mass is 688 g/mol. The maximum Gasteiger partial charge on any atom is 0.247 e. The lowest BCUT2D eigenvalue weighted by Crippen LogP contribution is -2.57. The van der Waals surface area contributed by atoms with E-state index in [9.17, 15) is 4.79 Å². The van der Waals surface area contributed by atoms with E-state index in [1.54, 1.807) is 7.11 Å². The summed E-state index contributed by atoms with van der Waals surface area (Å²) >= 11 is 0. The van der Waals surface area contributed by atoms with Gasteiger partial charge in [0.1, 0.15) is 17.9 Å². The number of piperazine rings is 1. The van der Waals surface area contributed by atoms with Gasteiger partial charge in [-0.05, 0) is 61.1 Å². The number of aromatic nitrogens is 2. The molecule has 4 heterocycles. The van der Waals surface area contributed by atoms with Gasteiger partial charge in [0.2, 0.25) is 5.91 Å². The van der Waals surface area contributed by atoms with Crippen molar-refractivity contribution >= 4 is 45.4 Å². The van der Waals surface area contributed by atoms with Crippen molar-refractivity contribution in [3.05, 3.63) is 85.2 Å². The third-order valence-electron chi connectivity index (χ3n) is 11.0. The highest BCUT2D eigenvalue weighted by atomic mass is 16.7. The van der Waals surface area contributed by atoms with Gasteiger partial charge >= 0.3 is 0 Å². The molecule has 11 nitrogen and oxygen atoms in total. The Bertz CT molecular complexity index is 1890. The third-order valence-corrected chi connectivity index (χ3v) is 11.0. The minimum Gasteiger partial charge on any atom is -0.494 e. The van der Waals surface area contributed by atoms with Crippen molar-refractivity contribution in [2.24, 2.45) is 0 Å². The van der Waals surface area contributed by atoms with Crippen LogP contribution in [0.5, 0.6) is 5.75 Å². The molecule has 3 aromatic carbocycles. The lowest BCUT2D eigenvalue weighted by atomic mass is 9.97. The molecule has 2 N–H and O–H groups in total. The quantitative estimate of drug-likeness (QED) is 0.179. The van der Waals surface area contributed by atoms with Gasteiger partial charge in [0, 0.05) is 69.4 Å². The second kappa shape index (κ2) is 14.5. The normalized spacial score (nSPS) is 21.9. The molecular formula is C40H48N8O3. The van der Waals surface area contributed by atoms with Crippen LogP contribution in [0.4, 0.5) is 28.7 Å². The molecule has 0 unspecified atom stereocenters. The number of hydroxylamine groups is 1. The molecule has 1 aromatic heterocycles. The van der Waals surface area contributed by atoms with E-state index in [1.807, 2.05) is 23.3 Å². The zero-order valence-electron chi connectivity index (χ0n) is 29.6. The lowest BCUT2D eigenvalue weighted by molar-refractivity contribution is -0.111. The fraction of sp³-hybridized carbons (Fsp3) is 0.425. The van der Waals surface area contributed by atoms with Gasteiger partial charge in [0.05, 0.1) is 36.8 Å². The zero-order valence-corrected chi connectivity index (χ0v) is 29.6. The van der Waals surface area contributed by atoms with E-state index < -0.39 is 0 Å². The number of carbonyl (C=O) groups is 1. The molecule has 0 spiro atoms. The first-order chi connectivity index (χ1) is 25.0. The van der Waals surface area contributed by atoms with Gasteiger partial charge in [-0.2, -0.15) is 0 Å². The zero-order chi connectivity index (χ0) is 34.9. The van der Waals surface area contributed by atoms with Gasteiger partial charge in [0.25, 0.3) is 0 Å². The van der Waals surface area contributed by atoms with E-state index in [1.165, 1.54) is 48.1 Å². The molecular weight excluding hydrogens is 640 g/mol. The number of amides is 1. The van der Waals surface area contributed by atoms with Crippen LogP contribution in [0, 0.1) is 0 Å². The minimum atomic E-state index is -0.264. The van der Waals surface area contributed by atoms with Crippen LogP contribution in [-0.2, 0) is 9.63 Å². The Morgan fingerprint density at radius 1 is 0.941 bits per heavy atom. The topological polar surface area (TPSA) is 98.3 Å². The number of rotatable bonds is 10. The number of anilines is 5. The average molecular weight is 689 g/mol. The van der Waals surface area contributed by atoms with Gasteiger partial charge in [-0.3, -0.25) is 19.4 Å². The van der Waals surface area contributed by atoms with Gasteiger partial charge in [-0.25, -0.2) is 15.0 Å². The van der Waals surface area contributed by atoms with Gasteiger partial charge in [0.15, 0.2) is 5.82 Å². The molecule has 51 heavy (non-hydrogen) atoms. The fourth-order valence-corrected chi connectivity index (χ4v) is 8.33. The summed E-state index contributed by atoms with van der Waals surface area (Å²) in [6, 6.07) is 22.7. The van der Waals surface area contributed by atoms with Crippen LogP contribution in [0.15, 0.2) is 79.6 Å². The molecule has 11 heteroatoms. The standard InChI is InChI=1S/C40H48N8O3/c1-4-40(49)44-33-22-34(37(50-3)23-36(33)45-17-14-29(15-18-45)46-19-20-47(27(2)25-46)30-12-13-30)43-38-24-39(42-26-41-38)48-35(16-21-51-48)32-11-7-9-28-8-5-6-10-31(28)32/h4-11,22-24,26-27,29-30,35H,1,12-21,25H2,2-3H3,(H,44,49)(H,41,42,43)/t27-,35-/m1/s1. The third kappa shape index (κ3) is 6.98. The summed E-state index contributed by atoms with van der Waals surface area (Å²) < 4.78 is 5.93. The Hall–Kier alpha value is -4.71. The number of fused-ring (bicyclic) bond motifs is 1. The predicted molar refractivity (Wildman–Crippen MR) is 203 cm³/mol. The summed E-state index contributed by atoms with van der Waals surface area (Å²) in [4.78, 5) is 35.8. The van der Waals surface area contributed by atoms with Crippen molar-refractivity contribution in [1.82, 2.24) is 19.8 Å². The number of methoxy groups -OCH3 is 1. The van der Waals surface area contributed by atoms with E-state index in [2.05, 4.69) is 91.3 Å². The lowest BCUT2D eigenvalue weighted by Gasteiger charge is -2.46. The number of benzene rings is 3. The molecule has 1 saturated carbocycles. The number of hydrogen-bond acceptors (Lipinski definition) is 10. The summed E-state index contributed by atoms with van der Waals surface area (Å²) in [5.74, 6) is 1.63. The van der Waals surface area contributed by atoms with Crippen LogP contribution in [-0.4, -0.2) is 90.2 Å². The summed E-state index contributed by atoms with van der Waals surface area (Å²) in [5, 5.41) is 10.8. The molecule has 0 radical (unpaired) electrons. The van der Waals surface area contributed by atoms with E-state index in [-0.39, 0.29) is 11.9 Å². The molecule has 4 aliphatic rings. The van der Waals surface area contributed by atoms with Crippen molar-refractivity contribution in [2.75, 3.05) is 67.0 Å². The molecule has 0 bridgehead atoms. The molecule has 8 rings (SSSR count). The number of nitrogens with one attached hydrogen (secondary N) is 2. The van der Waals surface area contributed by atoms with Gasteiger partial charge in [-0.15, -0.1) is 0 Å².